The van der Waals surface area contributed by atoms with Crippen molar-refractivity contribution in [3.05, 3.63) is 44.3 Å². The third kappa shape index (κ3) is 1.75. The molecule has 0 aromatic carbocycles. The predicted molar refractivity (Wildman–Crippen MR) is 64.3 cm³/mol. The molecule has 2 aromatic heterocycles. The van der Waals surface area contributed by atoms with Crippen molar-refractivity contribution in [3.8, 4) is 0 Å². The molecule has 2 heterocycles. The summed E-state index contributed by atoms with van der Waals surface area (Å²) in [4.78, 5) is 1.40. The van der Waals surface area contributed by atoms with Gasteiger partial charge in [-0.15, -0.1) is 11.3 Å². The summed E-state index contributed by atoms with van der Waals surface area (Å²) in [6.45, 7) is 2.18. The Balaban J connectivity index is 2.36. The van der Waals surface area contributed by atoms with Gasteiger partial charge in [-0.3, -0.25) is 0 Å². The van der Waals surface area contributed by atoms with E-state index in [1.54, 1.807) is 11.3 Å². The topological polar surface area (TPSA) is 12.0 Å². The highest BCUT2D eigenvalue weighted by atomic mass is 32.1. The molecular weight excluding hydrogens is 210 g/mol. The zero-order valence-corrected chi connectivity index (χ0v) is 9.91. The third-order valence-corrected chi connectivity index (χ3v) is 3.94. The van der Waals surface area contributed by atoms with Crippen molar-refractivity contribution in [2.45, 2.75) is 13.0 Å². The molecule has 1 N–H and O–H groups in total. The van der Waals surface area contributed by atoms with Crippen molar-refractivity contribution in [1.29, 1.82) is 0 Å². The van der Waals surface area contributed by atoms with Crippen molar-refractivity contribution < 1.29 is 0 Å². The van der Waals surface area contributed by atoms with E-state index in [2.05, 4.69) is 40.5 Å². The van der Waals surface area contributed by atoms with Gasteiger partial charge in [-0.05, 0) is 53.4 Å². The van der Waals surface area contributed by atoms with Gasteiger partial charge < -0.3 is 5.32 Å². The molecule has 1 atom stereocenters. The standard InChI is InChI=1S/C11H13NS2/c1-8-10(4-6-14-8)11(12-2)9-3-5-13-7-9/h3-7,11-12H,1-2H3. The van der Waals surface area contributed by atoms with Crippen molar-refractivity contribution in [1.82, 2.24) is 5.32 Å². The van der Waals surface area contributed by atoms with Crippen LogP contribution in [-0.2, 0) is 0 Å². The first-order valence-corrected chi connectivity index (χ1v) is 6.38. The molecule has 2 rings (SSSR count). The molecule has 0 spiro atoms. The quantitative estimate of drug-likeness (QED) is 0.840. The van der Waals surface area contributed by atoms with E-state index in [1.807, 2.05) is 18.4 Å². The maximum absolute atomic E-state index is 3.36. The molecular formula is C11H13NS2. The minimum atomic E-state index is 0.354. The lowest BCUT2D eigenvalue weighted by Crippen LogP contribution is -2.16. The van der Waals surface area contributed by atoms with Gasteiger partial charge in [0, 0.05) is 4.88 Å². The highest BCUT2D eigenvalue weighted by molar-refractivity contribution is 7.10. The summed E-state index contributed by atoms with van der Waals surface area (Å²) in [6.07, 6.45) is 0. The van der Waals surface area contributed by atoms with Crippen molar-refractivity contribution in [3.63, 3.8) is 0 Å². The lowest BCUT2D eigenvalue weighted by atomic mass is 10.0. The number of nitrogens with one attached hydrogen (secondary N) is 1. The second-order valence-corrected chi connectivity index (χ2v) is 5.11. The van der Waals surface area contributed by atoms with E-state index in [9.17, 15) is 0 Å². The molecule has 0 bridgehead atoms. The predicted octanol–water partition coefficient (Wildman–Crippen LogP) is 3.43. The summed E-state index contributed by atoms with van der Waals surface area (Å²) in [5.41, 5.74) is 2.76. The number of hydrogen-bond acceptors (Lipinski definition) is 3. The van der Waals surface area contributed by atoms with Gasteiger partial charge in [0.2, 0.25) is 0 Å². The van der Waals surface area contributed by atoms with Crippen LogP contribution >= 0.6 is 22.7 Å². The number of hydrogen-bond donors (Lipinski definition) is 1. The van der Waals surface area contributed by atoms with Gasteiger partial charge >= 0.3 is 0 Å². The maximum atomic E-state index is 3.36. The van der Waals surface area contributed by atoms with Crippen LogP contribution in [0.2, 0.25) is 0 Å². The first kappa shape index (κ1) is 9.90. The van der Waals surface area contributed by atoms with Gasteiger partial charge in [-0.2, -0.15) is 11.3 Å². The van der Waals surface area contributed by atoms with Crippen molar-refractivity contribution >= 4 is 22.7 Å². The molecule has 0 amide bonds. The van der Waals surface area contributed by atoms with Gasteiger partial charge in [-0.25, -0.2) is 0 Å². The summed E-state index contributed by atoms with van der Waals surface area (Å²) < 4.78 is 0. The monoisotopic (exact) mass is 223 g/mol. The first-order valence-electron chi connectivity index (χ1n) is 4.56. The van der Waals surface area contributed by atoms with E-state index < -0.39 is 0 Å². The molecule has 1 nitrogen and oxygen atoms in total. The fraction of sp³-hybridized carbons (Fsp3) is 0.273. The maximum Gasteiger partial charge on any atom is 0.0593 e. The number of thiophene rings is 2. The van der Waals surface area contributed by atoms with E-state index >= 15 is 0 Å². The number of aryl methyl sites for hydroxylation is 1. The zero-order chi connectivity index (χ0) is 9.97. The van der Waals surface area contributed by atoms with Crippen LogP contribution in [0, 0.1) is 6.92 Å². The number of rotatable bonds is 3. The molecule has 1 unspecified atom stereocenters. The van der Waals surface area contributed by atoms with Crippen LogP contribution in [0.5, 0.6) is 0 Å². The second kappa shape index (κ2) is 4.26. The molecule has 74 valence electrons. The van der Waals surface area contributed by atoms with E-state index in [0.29, 0.717) is 6.04 Å². The largest absolute Gasteiger partial charge is 0.309 e. The SMILES string of the molecule is CNC(c1ccsc1)c1ccsc1C. The Kier molecular flexibility index (Phi) is 3.01. The fourth-order valence-electron chi connectivity index (χ4n) is 1.64. The summed E-state index contributed by atoms with van der Waals surface area (Å²) in [5.74, 6) is 0. The lowest BCUT2D eigenvalue weighted by Gasteiger charge is -2.14. The molecule has 0 saturated heterocycles. The Labute approximate surface area is 92.4 Å². The summed E-state index contributed by atoms with van der Waals surface area (Å²) in [5, 5.41) is 9.85. The Morgan fingerprint density at radius 2 is 2.14 bits per heavy atom. The molecule has 2 aromatic rings. The van der Waals surface area contributed by atoms with Gasteiger partial charge in [0.15, 0.2) is 0 Å². The highest BCUT2D eigenvalue weighted by Gasteiger charge is 2.14. The van der Waals surface area contributed by atoms with Gasteiger partial charge in [0.05, 0.1) is 6.04 Å². The van der Waals surface area contributed by atoms with E-state index in [4.69, 9.17) is 0 Å². The lowest BCUT2D eigenvalue weighted by molar-refractivity contribution is 0.693. The van der Waals surface area contributed by atoms with Gasteiger partial charge in [-0.1, -0.05) is 0 Å². The molecule has 3 heteroatoms. The fourth-order valence-corrected chi connectivity index (χ4v) is 3.06. The van der Waals surface area contributed by atoms with Crippen LogP contribution in [0.15, 0.2) is 28.3 Å². The minimum absolute atomic E-state index is 0.354. The van der Waals surface area contributed by atoms with Crippen LogP contribution in [0.1, 0.15) is 22.0 Å². The van der Waals surface area contributed by atoms with Crippen LogP contribution in [-0.4, -0.2) is 7.05 Å². The third-order valence-electron chi connectivity index (χ3n) is 2.38. The van der Waals surface area contributed by atoms with Crippen LogP contribution < -0.4 is 5.32 Å². The summed E-state index contributed by atoms with van der Waals surface area (Å²) >= 11 is 3.56. The van der Waals surface area contributed by atoms with Crippen LogP contribution in [0.3, 0.4) is 0 Å². The average Bonchev–Trinajstić information content (AvgIpc) is 2.80. The Morgan fingerprint density at radius 1 is 1.29 bits per heavy atom. The Hall–Kier alpha value is -0.640. The van der Waals surface area contributed by atoms with Crippen molar-refractivity contribution in [2.24, 2.45) is 0 Å². The van der Waals surface area contributed by atoms with Crippen molar-refractivity contribution in [2.75, 3.05) is 7.05 Å². The molecule has 0 aliphatic heterocycles. The molecule has 0 fully saturated rings. The first-order chi connectivity index (χ1) is 6.83. The van der Waals surface area contributed by atoms with Crippen LogP contribution in [0.4, 0.5) is 0 Å². The molecule has 0 aliphatic rings. The second-order valence-electron chi connectivity index (χ2n) is 3.21. The zero-order valence-electron chi connectivity index (χ0n) is 8.28. The van der Waals surface area contributed by atoms with E-state index in [1.165, 1.54) is 16.0 Å². The summed E-state index contributed by atoms with van der Waals surface area (Å²) in [6, 6.07) is 4.74. The minimum Gasteiger partial charge on any atom is -0.309 e. The molecule has 14 heavy (non-hydrogen) atoms. The van der Waals surface area contributed by atoms with E-state index in [0.717, 1.165) is 0 Å². The van der Waals surface area contributed by atoms with E-state index in [-0.39, 0.29) is 0 Å². The van der Waals surface area contributed by atoms with Gasteiger partial charge in [0.25, 0.3) is 0 Å². The highest BCUT2D eigenvalue weighted by Crippen LogP contribution is 2.28. The smallest absolute Gasteiger partial charge is 0.0593 e. The molecule has 0 radical (unpaired) electrons. The Morgan fingerprint density at radius 3 is 2.64 bits per heavy atom. The molecule has 0 aliphatic carbocycles. The normalized spacial score (nSPS) is 13.0. The van der Waals surface area contributed by atoms with Crippen LogP contribution in [0.25, 0.3) is 0 Å². The Bertz CT molecular complexity index is 389. The van der Waals surface area contributed by atoms with Gasteiger partial charge in [0.1, 0.15) is 0 Å². The molecule has 0 saturated carbocycles. The average molecular weight is 223 g/mol. The summed E-state index contributed by atoms with van der Waals surface area (Å²) in [7, 11) is 2.01.